The van der Waals surface area contributed by atoms with Gasteiger partial charge in [-0.1, -0.05) is 12.1 Å². The lowest BCUT2D eigenvalue weighted by Crippen LogP contribution is -2.26. The van der Waals surface area contributed by atoms with Crippen LogP contribution in [0.3, 0.4) is 0 Å². The highest BCUT2D eigenvalue weighted by Crippen LogP contribution is 2.28. The molecule has 0 saturated carbocycles. The number of rotatable bonds is 9. The number of likely N-dealkylation sites (N-methyl/N-ethyl adjacent to an activating group) is 1. The number of methoxy groups -OCH3 is 2. The summed E-state index contributed by atoms with van der Waals surface area (Å²) in [5, 5.41) is 17.8. The van der Waals surface area contributed by atoms with Crippen molar-refractivity contribution in [3.05, 3.63) is 53.1 Å². The molecule has 0 spiro atoms. The number of ether oxygens (including phenoxy) is 2. The molecule has 1 aliphatic carbocycles. The first kappa shape index (κ1) is 26.7. The SMILES string of the molecule is COc1ccc(CCN(C)CCC(=O)Nc2ccc3c(c2)CCC3)cc1OC.O=C(O)C(=O)O. The van der Waals surface area contributed by atoms with Crippen molar-refractivity contribution in [1.29, 1.82) is 0 Å². The van der Waals surface area contributed by atoms with Crippen LogP contribution in [0, 0.1) is 0 Å². The molecule has 184 valence electrons. The molecule has 0 atom stereocenters. The number of anilines is 1. The van der Waals surface area contributed by atoms with Crippen LogP contribution in [0.1, 0.15) is 29.5 Å². The number of hydrogen-bond acceptors (Lipinski definition) is 6. The Bertz CT molecular complexity index is 995. The summed E-state index contributed by atoms with van der Waals surface area (Å²) in [4.78, 5) is 32.7. The number of carboxylic acids is 2. The van der Waals surface area contributed by atoms with Crippen LogP contribution in [0.5, 0.6) is 11.5 Å². The summed E-state index contributed by atoms with van der Waals surface area (Å²) in [6, 6.07) is 12.3. The molecule has 9 heteroatoms. The monoisotopic (exact) mass is 472 g/mol. The highest BCUT2D eigenvalue weighted by atomic mass is 16.5. The van der Waals surface area contributed by atoms with E-state index < -0.39 is 11.9 Å². The summed E-state index contributed by atoms with van der Waals surface area (Å²) in [7, 11) is 5.33. The number of carbonyl (C=O) groups excluding carboxylic acids is 1. The lowest BCUT2D eigenvalue weighted by molar-refractivity contribution is -0.159. The Morgan fingerprint density at radius 1 is 0.912 bits per heavy atom. The molecular weight excluding hydrogens is 440 g/mol. The molecule has 0 aromatic heterocycles. The van der Waals surface area contributed by atoms with E-state index in [0.29, 0.717) is 6.42 Å². The van der Waals surface area contributed by atoms with Crippen molar-refractivity contribution in [1.82, 2.24) is 4.90 Å². The van der Waals surface area contributed by atoms with E-state index in [4.69, 9.17) is 29.3 Å². The average Bonchev–Trinajstić information content (AvgIpc) is 3.29. The zero-order valence-electron chi connectivity index (χ0n) is 19.8. The summed E-state index contributed by atoms with van der Waals surface area (Å²) in [6.07, 6.45) is 4.88. The first-order chi connectivity index (χ1) is 16.2. The predicted octanol–water partition coefficient (Wildman–Crippen LogP) is 2.85. The molecule has 0 aliphatic heterocycles. The minimum absolute atomic E-state index is 0.0657. The third-order valence-electron chi connectivity index (χ3n) is 5.52. The molecule has 0 fully saturated rings. The van der Waals surface area contributed by atoms with Crippen molar-refractivity contribution < 1.29 is 34.1 Å². The third-order valence-corrected chi connectivity index (χ3v) is 5.52. The molecule has 3 N–H and O–H groups in total. The number of aliphatic carboxylic acids is 2. The highest BCUT2D eigenvalue weighted by molar-refractivity contribution is 6.27. The minimum Gasteiger partial charge on any atom is -0.493 e. The minimum atomic E-state index is -1.82. The molecule has 34 heavy (non-hydrogen) atoms. The molecule has 0 unspecified atom stereocenters. The molecular formula is C25H32N2O7. The third kappa shape index (κ3) is 8.40. The van der Waals surface area contributed by atoms with Gasteiger partial charge in [0.25, 0.3) is 0 Å². The van der Waals surface area contributed by atoms with Gasteiger partial charge in [0, 0.05) is 25.2 Å². The Morgan fingerprint density at radius 2 is 1.59 bits per heavy atom. The van der Waals surface area contributed by atoms with Crippen molar-refractivity contribution in [2.45, 2.75) is 32.1 Å². The van der Waals surface area contributed by atoms with Gasteiger partial charge in [0.1, 0.15) is 0 Å². The Kier molecular flexibility index (Phi) is 10.3. The number of fused-ring (bicyclic) bond motifs is 1. The van der Waals surface area contributed by atoms with Crippen LogP contribution in [0.15, 0.2) is 36.4 Å². The quantitative estimate of drug-likeness (QED) is 0.476. The molecule has 1 aliphatic rings. The Balaban J connectivity index is 0.000000604. The van der Waals surface area contributed by atoms with Gasteiger partial charge in [-0.25, -0.2) is 9.59 Å². The predicted molar refractivity (Wildman–Crippen MR) is 128 cm³/mol. The zero-order chi connectivity index (χ0) is 25.1. The van der Waals surface area contributed by atoms with Crippen LogP contribution in [0.2, 0.25) is 0 Å². The smallest absolute Gasteiger partial charge is 0.414 e. The molecule has 2 aromatic rings. The van der Waals surface area contributed by atoms with Crippen molar-refractivity contribution in [3.8, 4) is 11.5 Å². The van der Waals surface area contributed by atoms with Gasteiger partial charge in [-0.05, 0) is 73.7 Å². The number of benzene rings is 2. The summed E-state index contributed by atoms with van der Waals surface area (Å²) in [5.41, 5.74) is 4.91. The molecule has 0 heterocycles. The Morgan fingerprint density at radius 3 is 2.24 bits per heavy atom. The second-order valence-corrected chi connectivity index (χ2v) is 7.99. The largest absolute Gasteiger partial charge is 0.493 e. The van der Waals surface area contributed by atoms with Crippen LogP contribution in [-0.2, 0) is 33.6 Å². The lowest BCUT2D eigenvalue weighted by atomic mass is 10.1. The number of carbonyl (C=O) groups is 3. The standard InChI is InChI=1S/C23H30N2O3.C2H2O4/c1-25(13-11-17-7-10-21(27-2)22(15-17)28-3)14-12-23(26)24-20-9-8-18-5-4-6-19(18)16-20;3-1(4)2(5)6/h7-10,15-16H,4-6,11-14H2,1-3H3,(H,24,26);(H,3,4)(H,5,6). The van der Waals surface area contributed by atoms with Gasteiger partial charge in [-0.3, -0.25) is 4.79 Å². The molecule has 9 nitrogen and oxygen atoms in total. The van der Waals surface area contributed by atoms with E-state index in [-0.39, 0.29) is 5.91 Å². The van der Waals surface area contributed by atoms with Gasteiger partial charge < -0.3 is 29.9 Å². The van der Waals surface area contributed by atoms with E-state index in [2.05, 4.69) is 28.4 Å². The molecule has 0 saturated heterocycles. The number of hydrogen-bond donors (Lipinski definition) is 3. The first-order valence-corrected chi connectivity index (χ1v) is 11.0. The average molecular weight is 473 g/mol. The molecule has 3 rings (SSSR count). The summed E-state index contributed by atoms with van der Waals surface area (Å²) in [5.74, 6) is -2.10. The summed E-state index contributed by atoms with van der Waals surface area (Å²) in [6.45, 7) is 1.60. The fourth-order valence-electron chi connectivity index (χ4n) is 3.63. The maximum absolute atomic E-state index is 12.3. The number of carboxylic acid groups (broad SMARTS) is 2. The number of aryl methyl sites for hydroxylation is 2. The Labute approximate surface area is 199 Å². The second kappa shape index (κ2) is 13.2. The highest BCUT2D eigenvalue weighted by Gasteiger charge is 2.12. The van der Waals surface area contributed by atoms with E-state index >= 15 is 0 Å². The maximum Gasteiger partial charge on any atom is 0.414 e. The van der Waals surface area contributed by atoms with E-state index in [1.54, 1.807) is 14.2 Å². The van der Waals surface area contributed by atoms with Crippen molar-refractivity contribution in [3.63, 3.8) is 0 Å². The molecule has 1 amide bonds. The maximum atomic E-state index is 12.3. The fraction of sp³-hybridized carbons (Fsp3) is 0.400. The number of amides is 1. The van der Waals surface area contributed by atoms with Gasteiger partial charge in [0.2, 0.25) is 5.91 Å². The molecule has 0 radical (unpaired) electrons. The van der Waals surface area contributed by atoms with Crippen LogP contribution in [0.25, 0.3) is 0 Å². The van der Waals surface area contributed by atoms with Gasteiger partial charge >= 0.3 is 11.9 Å². The van der Waals surface area contributed by atoms with Crippen LogP contribution >= 0.6 is 0 Å². The van der Waals surface area contributed by atoms with Crippen molar-refractivity contribution in [2.75, 3.05) is 39.7 Å². The van der Waals surface area contributed by atoms with Gasteiger partial charge in [0.15, 0.2) is 11.5 Å². The van der Waals surface area contributed by atoms with E-state index in [0.717, 1.165) is 49.5 Å². The van der Waals surface area contributed by atoms with Crippen LogP contribution < -0.4 is 14.8 Å². The molecule has 2 aromatic carbocycles. The van der Waals surface area contributed by atoms with Crippen molar-refractivity contribution in [2.24, 2.45) is 0 Å². The van der Waals surface area contributed by atoms with Crippen LogP contribution in [0.4, 0.5) is 5.69 Å². The number of nitrogens with zero attached hydrogens (tertiary/aromatic N) is 1. The fourth-order valence-corrected chi connectivity index (χ4v) is 3.63. The first-order valence-electron chi connectivity index (χ1n) is 11.0. The van der Waals surface area contributed by atoms with Crippen LogP contribution in [-0.4, -0.2) is 67.3 Å². The second-order valence-electron chi connectivity index (χ2n) is 7.99. The van der Waals surface area contributed by atoms with E-state index in [1.165, 1.54) is 23.1 Å². The van der Waals surface area contributed by atoms with Gasteiger partial charge in [-0.15, -0.1) is 0 Å². The Hall–Kier alpha value is -3.59. The lowest BCUT2D eigenvalue weighted by Gasteiger charge is -2.17. The van der Waals surface area contributed by atoms with E-state index in [1.807, 2.05) is 25.2 Å². The normalized spacial score (nSPS) is 11.8. The summed E-state index contributed by atoms with van der Waals surface area (Å²) < 4.78 is 10.6. The van der Waals surface area contributed by atoms with E-state index in [9.17, 15) is 4.79 Å². The summed E-state index contributed by atoms with van der Waals surface area (Å²) >= 11 is 0. The topological polar surface area (TPSA) is 125 Å². The number of nitrogens with one attached hydrogen (secondary N) is 1. The van der Waals surface area contributed by atoms with Gasteiger partial charge in [0.05, 0.1) is 14.2 Å². The van der Waals surface area contributed by atoms with Crippen molar-refractivity contribution >= 4 is 23.5 Å². The zero-order valence-corrected chi connectivity index (χ0v) is 19.8. The molecule has 0 bridgehead atoms. The van der Waals surface area contributed by atoms with Gasteiger partial charge in [-0.2, -0.15) is 0 Å².